The zero-order chi connectivity index (χ0) is 43.7. The van der Waals surface area contributed by atoms with E-state index in [1.54, 1.807) is 55.5 Å². The van der Waals surface area contributed by atoms with E-state index < -0.39 is 0 Å². The van der Waals surface area contributed by atoms with E-state index in [-0.39, 0.29) is 44.2 Å². The van der Waals surface area contributed by atoms with E-state index in [0.717, 1.165) is 39.8 Å². The molecule has 324 valence electrons. The molecule has 1 aliphatic heterocycles. The molecule has 11 heteroatoms. The Morgan fingerprint density at radius 2 is 1.06 bits per heavy atom. The Bertz CT molecular complexity index is 2690. The normalized spacial score (nSPS) is 11.3. The fraction of sp³-hybridized carbons (Fsp3) is 0.0566. The quantitative estimate of drug-likeness (QED) is 0.0712. The first-order valence-corrected chi connectivity index (χ1v) is 20.6. The molecule has 1 aliphatic rings. The van der Waals surface area contributed by atoms with Gasteiger partial charge in [0.25, 0.3) is 0 Å². The SMILES string of the molecule is CCN([CH-]Nc1cc(N(c2ccccc2)c2ccccc2)ccc1O)c1cccc(F)c1C.Oc1ccc(N(c2ccccc2)c2ccccc2)cc1N1[CH-]Nc2cccc(F)c21.[Pt+2]. The standard InChI is InChI=1S/C28H27FN3O.C25H19FN3O.Pt/c1-3-31(27-16-10-15-25(29)21(27)2)20-30-26-19-24(17-18-28(26)33)32(22-11-6-4-7-12-22)23-13-8-5-9-14-23;26-21-12-7-13-22-25(21)28(17-27-22)23-16-20(14-15-24(23)30)29(18-8-3-1-4-9-18)19-10-5-2-6-11-19;/h4-20,30,33H,3H2,1-2H3;1-17,27,30H;/q2*-1;+2. The van der Waals surface area contributed by atoms with Gasteiger partial charge in [0, 0.05) is 51.1 Å². The molecular formula is C53H46F2N6O2Pt. The maximum atomic E-state index is 14.6. The van der Waals surface area contributed by atoms with Crippen LogP contribution in [0.4, 0.5) is 71.3 Å². The molecule has 64 heavy (non-hydrogen) atoms. The van der Waals surface area contributed by atoms with Crippen molar-refractivity contribution in [1.82, 2.24) is 0 Å². The van der Waals surface area contributed by atoms with Crippen molar-refractivity contribution in [3.8, 4) is 11.5 Å². The van der Waals surface area contributed by atoms with Crippen LogP contribution in [0.1, 0.15) is 12.5 Å². The number of hydrogen-bond donors (Lipinski definition) is 4. The molecule has 0 unspecified atom stereocenters. The van der Waals surface area contributed by atoms with E-state index in [1.807, 2.05) is 163 Å². The van der Waals surface area contributed by atoms with Gasteiger partial charge in [-0.3, -0.25) is 0 Å². The van der Waals surface area contributed by atoms with Crippen molar-refractivity contribution in [2.75, 3.05) is 36.8 Å². The van der Waals surface area contributed by atoms with Crippen LogP contribution in [0.5, 0.6) is 11.5 Å². The van der Waals surface area contributed by atoms with Crippen molar-refractivity contribution in [3.05, 3.63) is 225 Å². The summed E-state index contributed by atoms with van der Waals surface area (Å²) in [6.45, 7) is 7.80. The summed E-state index contributed by atoms with van der Waals surface area (Å²) < 4.78 is 28.6. The number of nitrogens with zero attached hydrogens (tertiary/aromatic N) is 4. The molecule has 0 atom stereocenters. The van der Waals surface area contributed by atoms with Crippen molar-refractivity contribution in [3.63, 3.8) is 0 Å². The number of fused-ring (bicyclic) bond motifs is 1. The number of rotatable bonds is 12. The third-order valence-corrected chi connectivity index (χ3v) is 10.6. The maximum Gasteiger partial charge on any atom is 2.00 e. The first kappa shape index (κ1) is 44.8. The van der Waals surface area contributed by atoms with Crippen LogP contribution in [0.2, 0.25) is 0 Å². The van der Waals surface area contributed by atoms with Crippen molar-refractivity contribution in [2.45, 2.75) is 13.8 Å². The van der Waals surface area contributed by atoms with Gasteiger partial charge in [-0.15, -0.1) is 0 Å². The van der Waals surface area contributed by atoms with Crippen LogP contribution in [0.25, 0.3) is 0 Å². The van der Waals surface area contributed by atoms with Gasteiger partial charge in [0.1, 0.15) is 23.1 Å². The van der Waals surface area contributed by atoms with Gasteiger partial charge in [-0.05, 0) is 130 Å². The van der Waals surface area contributed by atoms with Gasteiger partial charge < -0.3 is 40.4 Å². The first-order valence-electron chi connectivity index (χ1n) is 20.6. The number of aromatic hydroxyl groups is 2. The second-order valence-corrected chi connectivity index (χ2v) is 14.6. The summed E-state index contributed by atoms with van der Waals surface area (Å²) in [6, 6.07) is 60.8. The fourth-order valence-corrected chi connectivity index (χ4v) is 7.48. The van der Waals surface area contributed by atoms with Gasteiger partial charge in [0.2, 0.25) is 0 Å². The van der Waals surface area contributed by atoms with Crippen LogP contribution < -0.4 is 30.2 Å². The van der Waals surface area contributed by atoms with E-state index in [0.29, 0.717) is 34.9 Å². The summed E-state index contributed by atoms with van der Waals surface area (Å²) in [5.74, 6) is -0.413. The van der Waals surface area contributed by atoms with E-state index in [9.17, 15) is 19.0 Å². The fourth-order valence-electron chi connectivity index (χ4n) is 7.48. The van der Waals surface area contributed by atoms with Crippen molar-refractivity contribution in [1.29, 1.82) is 0 Å². The Morgan fingerprint density at radius 3 is 1.59 bits per heavy atom. The smallest absolute Gasteiger partial charge is 0.514 e. The largest absolute Gasteiger partial charge is 2.00 e. The topological polar surface area (TPSA) is 77.5 Å². The minimum atomic E-state index is -0.360. The van der Waals surface area contributed by atoms with E-state index >= 15 is 0 Å². The van der Waals surface area contributed by atoms with Crippen LogP contribution in [0, 0.1) is 31.9 Å². The molecule has 0 amide bonds. The van der Waals surface area contributed by atoms with Crippen molar-refractivity contribution >= 4 is 62.6 Å². The minimum absolute atomic E-state index is 0. The number of halogens is 2. The predicted molar refractivity (Wildman–Crippen MR) is 254 cm³/mol. The molecule has 8 nitrogen and oxygen atoms in total. The average Bonchev–Trinajstić information content (AvgIpc) is 3.76. The van der Waals surface area contributed by atoms with E-state index in [1.165, 1.54) is 12.1 Å². The molecule has 0 radical (unpaired) electrons. The molecule has 0 saturated carbocycles. The summed E-state index contributed by atoms with van der Waals surface area (Å²) in [5, 5.41) is 27.4. The second kappa shape index (κ2) is 20.7. The van der Waals surface area contributed by atoms with Gasteiger partial charge in [-0.1, -0.05) is 84.9 Å². The summed E-state index contributed by atoms with van der Waals surface area (Å²) in [6.07, 6.45) is 0. The molecule has 0 aromatic heterocycles. The Labute approximate surface area is 387 Å². The minimum Gasteiger partial charge on any atom is -0.514 e. The molecule has 1 heterocycles. The third kappa shape index (κ3) is 9.83. The number of para-hydroxylation sites is 5. The van der Waals surface area contributed by atoms with Crippen LogP contribution in [0.15, 0.2) is 194 Å². The van der Waals surface area contributed by atoms with Crippen molar-refractivity contribution in [2.24, 2.45) is 0 Å². The molecule has 8 aromatic rings. The molecular weight excluding hydrogens is 986 g/mol. The monoisotopic (exact) mass is 1030 g/mol. The number of nitrogens with one attached hydrogen (secondary N) is 2. The molecule has 9 rings (SSSR count). The van der Waals surface area contributed by atoms with E-state index in [2.05, 4.69) is 20.4 Å². The number of benzene rings is 8. The summed E-state index contributed by atoms with van der Waals surface area (Å²) in [4.78, 5) is 7.77. The van der Waals surface area contributed by atoms with Crippen LogP contribution >= 0.6 is 0 Å². The first-order chi connectivity index (χ1) is 30.8. The molecule has 4 N–H and O–H groups in total. The van der Waals surface area contributed by atoms with Crippen LogP contribution in [0.3, 0.4) is 0 Å². The molecule has 0 aliphatic carbocycles. The van der Waals surface area contributed by atoms with E-state index in [4.69, 9.17) is 0 Å². The Balaban J connectivity index is 0.000000189. The molecule has 0 spiro atoms. The maximum absolute atomic E-state index is 14.6. The van der Waals surface area contributed by atoms with Crippen LogP contribution in [-0.4, -0.2) is 16.8 Å². The molecule has 8 aromatic carbocycles. The Morgan fingerprint density at radius 1 is 0.578 bits per heavy atom. The van der Waals surface area contributed by atoms with Crippen molar-refractivity contribution < 1.29 is 40.1 Å². The van der Waals surface area contributed by atoms with Gasteiger partial charge in [-0.25, -0.2) is 8.78 Å². The third-order valence-electron chi connectivity index (χ3n) is 10.6. The molecule has 0 saturated heterocycles. The molecule has 0 bridgehead atoms. The van der Waals surface area contributed by atoms with Gasteiger partial charge >= 0.3 is 21.1 Å². The van der Waals surface area contributed by atoms with Gasteiger partial charge in [0.15, 0.2) is 0 Å². The summed E-state index contributed by atoms with van der Waals surface area (Å²) >= 11 is 0. The van der Waals surface area contributed by atoms with Gasteiger partial charge in [-0.2, -0.15) is 13.3 Å². The number of anilines is 11. The van der Waals surface area contributed by atoms with Gasteiger partial charge in [0.05, 0.1) is 17.1 Å². The summed E-state index contributed by atoms with van der Waals surface area (Å²) in [7, 11) is 0. The predicted octanol–water partition coefficient (Wildman–Crippen LogP) is 14.0. The second-order valence-electron chi connectivity index (χ2n) is 14.6. The molecule has 0 fully saturated rings. The number of phenols is 2. The number of hydrogen-bond acceptors (Lipinski definition) is 8. The average molecular weight is 1030 g/mol. The number of phenolic OH excluding ortho intramolecular Hbond substituents is 2. The Kier molecular flexibility index (Phi) is 14.5. The van der Waals surface area contributed by atoms with Crippen LogP contribution in [-0.2, 0) is 21.1 Å². The Hall–Kier alpha value is -7.29. The summed E-state index contributed by atoms with van der Waals surface area (Å²) in [5.41, 5.74) is 9.15. The zero-order valence-electron chi connectivity index (χ0n) is 35.1. The zero-order valence-corrected chi connectivity index (χ0v) is 37.4.